The topological polar surface area (TPSA) is 53.5 Å². The molecule has 5 nitrogen and oxygen atoms in total. The Bertz CT molecular complexity index is 670. The van der Waals surface area contributed by atoms with Crippen molar-refractivity contribution >= 4 is 23.2 Å². The fraction of sp³-hybridized carbons (Fsp3) is 0.632. The summed E-state index contributed by atoms with van der Waals surface area (Å²) in [5.41, 5.74) is 1.21. The lowest BCUT2D eigenvalue weighted by Crippen LogP contribution is -2.46. The van der Waals surface area contributed by atoms with Crippen LogP contribution in [0.25, 0.3) is 0 Å². The van der Waals surface area contributed by atoms with Crippen LogP contribution in [0.1, 0.15) is 47.2 Å². The molecule has 3 rings (SSSR count). The summed E-state index contributed by atoms with van der Waals surface area (Å²) in [5, 5.41) is 1.12. The van der Waals surface area contributed by atoms with Gasteiger partial charge in [-0.1, -0.05) is 6.58 Å². The van der Waals surface area contributed by atoms with Gasteiger partial charge in [-0.05, 0) is 45.1 Å². The number of aromatic nitrogens is 1. The molecule has 1 aromatic heterocycles. The highest BCUT2D eigenvalue weighted by atomic mass is 32.1. The van der Waals surface area contributed by atoms with Crippen LogP contribution in [0.2, 0.25) is 0 Å². The van der Waals surface area contributed by atoms with Crippen molar-refractivity contribution in [3.63, 3.8) is 0 Å². The molecule has 0 bridgehead atoms. The van der Waals surface area contributed by atoms with E-state index in [1.54, 1.807) is 16.2 Å². The van der Waals surface area contributed by atoms with Crippen LogP contribution in [0, 0.1) is 12.8 Å². The van der Waals surface area contributed by atoms with Gasteiger partial charge in [-0.2, -0.15) is 0 Å². The monoisotopic (exact) mass is 361 g/mol. The SMILES string of the molecule is C=CC(=O)N1CCCC(C(=O)N(C)CC2CCCc3sc(C)nc32)C1. The summed E-state index contributed by atoms with van der Waals surface area (Å²) >= 11 is 1.80. The molecule has 0 radical (unpaired) electrons. The Morgan fingerprint density at radius 3 is 2.96 bits per heavy atom. The van der Waals surface area contributed by atoms with Gasteiger partial charge in [-0.3, -0.25) is 9.59 Å². The third kappa shape index (κ3) is 3.94. The minimum absolute atomic E-state index is 0.0741. The number of likely N-dealkylation sites (tertiary alicyclic amines) is 1. The van der Waals surface area contributed by atoms with E-state index in [2.05, 4.69) is 13.5 Å². The number of rotatable bonds is 4. The molecule has 2 aliphatic rings. The first-order valence-corrected chi connectivity index (χ1v) is 9.93. The zero-order valence-corrected chi connectivity index (χ0v) is 16.0. The molecule has 2 amide bonds. The zero-order chi connectivity index (χ0) is 18.0. The van der Waals surface area contributed by atoms with Crippen LogP contribution in [0.4, 0.5) is 0 Å². The molecule has 0 saturated carbocycles. The second kappa shape index (κ2) is 7.68. The van der Waals surface area contributed by atoms with Crippen molar-refractivity contribution in [2.45, 2.75) is 44.9 Å². The van der Waals surface area contributed by atoms with Gasteiger partial charge in [0.2, 0.25) is 11.8 Å². The summed E-state index contributed by atoms with van der Waals surface area (Å²) < 4.78 is 0. The van der Waals surface area contributed by atoms with E-state index < -0.39 is 0 Å². The number of aryl methyl sites for hydroxylation is 2. The molecular formula is C19H27N3O2S. The largest absolute Gasteiger partial charge is 0.345 e. The molecule has 2 unspecified atom stereocenters. The molecule has 0 spiro atoms. The van der Waals surface area contributed by atoms with E-state index in [9.17, 15) is 9.59 Å². The summed E-state index contributed by atoms with van der Waals surface area (Å²) in [7, 11) is 1.89. The van der Waals surface area contributed by atoms with Gasteiger partial charge in [-0.15, -0.1) is 11.3 Å². The van der Waals surface area contributed by atoms with E-state index in [4.69, 9.17) is 4.98 Å². The second-order valence-corrected chi connectivity index (χ2v) is 8.46. The highest BCUT2D eigenvalue weighted by molar-refractivity contribution is 7.11. The predicted molar refractivity (Wildman–Crippen MR) is 99.7 cm³/mol. The molecule has 6 heteroatoms. The first-order chi connectivity index (χ1) is 12.0. The maximum absolute atomic E-state index is 12.9. The third-order valence-corrected chi connectivity index (χ3v) is 6.35. The molecule has 0 aromatic carbocycles. The average Bonchev–Trinajstić information content (AvgIpc) is 3.01. The van der Waals surface area contributed by atoms with Gasteiger partial charge in [0.1, 0.15) is 0 Å². The third-order valence-electron chi connectivity index (χ3n) is 5.31. The van der Waals surface area contributed by atoms with Crippen molar-refractivity contribution in [3.05, 3.63) is 28.2 Å². The highest BCUT2D eigenvalue weighted by Crippen LogP contribution is 2.35. The molecule has 1 saturated heterocycles. The Morgan fingerprint density at radius 2 is 2.20 bits per heavy atom. The number of hydrogen-bond acceptors (Lipinski definition) is 4. The minimum Gasteiger partial charge on any atom is -0.345 e. The van der Waals surface area contributed by atoms with E-state index in [-0.39, 0.29) is 17.7 Å². The van der Waals surface area contributed by atoms with E-state index >= 15 is 0 Å². The Hall–Kier alpha value is -1.69. The maximum atomic E-state index is 12.9. The molecule has 1 aliphatic carbocycles. The highest BCUT2D eigenvalue weighted by Gasteiger charge is 2.32. The van der Waals surface area contributed by atoms with Crippen LogP contribution >= 0.6 is 11.3 Å². The Balaban J connectivity index is 1.63. The van der Waals surface area contributed by atoms with E-state index in [1.807, 2.05) is 11.9 Å². The lowest BCUT2D eigenvalue weighted by molar-refractivity contribution is -0.138. The van der Waals surface area contributed by atoms with Gasteiger partial charge >= 0.3 is 0 Å². The number of carbonyl (C=O) groups is 2. The molecule has 0 N–H and O–H groups in total. The van der Waals surface area contributed by atoms with Crippen LogP contribution in [0.3, 0.4) is 0 Å². The second-order valence-electron chi connectivity index (χ2n) is 7.18. The van der Waals surface area contributed by atoms with Crippen molar-refractivity contribution < 1.29 is 9.59 Å². The van der Waals surface area contributed by atoms with Crippen molar-refractivity contribution in [1.29, 1.82) is 0 Å². The summed E-state index contributed by atoms with van der Waals surface area (Å²) in [5.74, 6) is 0.329. The number of hydrogen-bond donors (Lipinski definition) is 0. The number of amides is 2. The van der Waals surface area contributed by atoms with Crippen molar-refractivity contribution in [3.8, 4) is 0 Å². The fourth-order valence-corrected chi connectivity index (χ4v) is 5.11. The Morgan fingerprint density at radius 1 is 1.40 bits per heavy atom. The van der Waals surface area contributed by atoms with Gasteiger partial charge < -0.3 is 9.80 Å². The molecule has 136 valence electrons. The molecular weight excluding hydrogens is 334 g/mol. The van der Waals surface area contributed by atoms with Gasteiger partial charge in [0.25, 0.3) is 0 Å². The van der Waals surface area contributed by atoms with Crippen LogP contribution in [-0.4, -0.2) is 53.3 Å². The maximum Gasteiger partial charge on any atom is 0.245 e. The van der Waals surface area contributed by atoms with Gasteiger partial charge in [0, 0.05) is 37.5 Å². The molecule has 1 fully saturated rings. The summed E-state index contributed by atoms with van der Waals surface area (Å²) in [4.78, 5) is 34.5. The van der Waals surface area contributed by atoms with Crippen molar-refractivity contribution in [1.82, 2.24) is 14.8 Å². The normalized spacial score (nSPS) is 23.0. The average molecular weight is 362 g/mol. The Labute approximate surface area is 153 Å². The van der Waals surface area contributed by atoms with E-state index in [0.717, 1.165) is 43.8 Å². The van der Waals surface area contributed by atoms with Crippen molar-refractivity contribution in [2.75, 3.05) is 26.7 Å². The van der Waals surface area contributed by atoms with Crippen LogP contribution < -0.4 is 0 Å². The molecule has 2 heterocycles. The number of thiazole rings is 1. The minimum atomic E-state index is -0.0946. The molecule has 2 atom stereocenters. The first kappa shape index (κ1) is 18.1. The number of nitrogens with zero attached hydrogens (tertiary/aromatic N) is 3. The summed E-state index contributed by atoms with van der Waals surface area (Å²) in [6, 6.07) is 0. The van der Waals surface area contributed by atoms with Crippen molar-refractivity contribution in [2.24, 2.45) is 5.92 Å². The quantitative estimate of drug-likeness (QED) is 0.775. The first-order valence-electron chi connectivity index (χ1n) is 9.12. The zero-order valence-electron chi connectivity index (χ0n) is 15.2. The molecule has 1 aromatic rings. The number of piperidine rings is 1. The smallest absolute Gasteiger partial charge is 0.245 e. The fourth-order valence-electron chi connectivity index (χ4n) is 4.05. The lowest BCUT2D eigenvalue weighted by atomic mass is 9.90. The molecule has 1 aliphatic heterocycles. The lowest BCUT2D eigenvalue weighted by Gasteiger charge is -2.34. The number of likely N-dealkylation sites (N-methyl/N-ethyl adjacent to an activating group) is 1. The number of carbonyl (C=O) groups excluding carboxylic acids is 2. The summed E-state index contributed by atoms with van der Waals surface area (Å²) in [6.45, 7) is 7.57. The number of fused-ring (bicyclic) bond motifs is 1. The van der Waals surface area contributed by atoms with E-state index in [0.29, 0.717) is 12.5 Å². The van der Waals surface area contributed by atoms with Crippen LogP contribution in [-0.2, 0) is 16.0 Å². The summed E-state index contributed by atoms with van der Waals surface area (Å²) in [6.07, 6.45) is 6.46. The van der Waals surface area contributed by atoms with Gasteiger partial charge in [0.05, 0.1) is 16.6 Å². The van der Waals surface area contributed by atoms with Gasteiger partial charge in [0.15, 0.2) is 0 Å². The molecule has 25 heavy (non-hydrogen) atoms. The van der Waals surface area contributed by atoms with E-state index in [1.165, 1.54) is 23.1 Å². The standard InChI is InChI=1S/C19H27N3O2S/c1-4-17(23)22-10-6-8-15(12-22)19(24)21(3)11-14-7-5-9-16-18(14)20-13(2)25-16/h4,14-15H,1,5-12H2,2-3H3. The van der Waals surface area contributed by atoms with Gasteiger partial charge in [-0.25, -0.2) is 4.98 Å². The predicted octanol–water partition coefficient (Wildman–Crippen LogP) is 2.75. The van der Waals surface area contributed by atoms with Crippen LogP contribution in [0.15, 0.2) is 12.7 Å². The van der Waals surface area contributed by atoms with Crippen LogP contribution in [0.5, 0.6) is 0 Å². The Kier molecular flexibility index (Phi) is 5.57.